The number of nitrogens with zero attached hydrogens (tertiary/aromatic N) is 2. The molecule has 0 unspecified atom stereocenters. The number of amides is 1. The molecule has 2 heterocycles. The molecule has 340 valence electrons. The van der Waals surface area contributed by atoms with Crippen LogP contribution >= 0.6 is 23.4 Å². The van der Waals surface area contributed by atoms with Crippen LogP contribution in [0.2, 0.25) is 5.02 Å². The van der Waals surface area contributed by atoms with Gasteiger partial charge in [0.1, 0.15) is 4.90 Å². The predicted molar refractivity (Wildman–Crippen MR) is 246 cm³/mol. The zero-order chi connectivity index (χ0) is 45.5. The van der Waals surface area contributed by atoms with Gasteiger partial charge in [-0.15, -0.1) is 11.8 Å². The second kappa shape index (κ2) is 20.7. The molecule has 0 aromatic heterocycles. The Bertz CT molecular complexity index is 2610. The van der Waals surface area contributed by atoms with Crippen LogP contribution in [0.5, 0.6) is 0 Å². The number of sulfone groups is 1. The van der Waals surface area contributed by atoms with E-state index in [2.05, 4.69) is 15.5 Å². The minimum atomic E-state index is -6.07. The number of alkyl halides is 3. The first-order valence-corrected chi connectivity index (χ1v) is 25.2. The van der Waals surface area contributed by atoms with Gasteiger partial charge in [0.25, 0.3) is 25.8 Å². The Morgan fingerprint density at radius 1 is 0.844 bits per heavy atom. The van der Waals surface area contributed by atoms with E-state index in [0.29, 0.717) is 61.4 Å². The lowest BCUT2D eigenvalue weighted by molar-refractivity contribution is -0.0435. The molecule has 1 amide bonds. The fourth-order valence-electron chi connectivity index (χ4n) is 8.00. The summed E-state index contributed by atoms with van der Waals surface area (Å²) in [6.45, 7) is 4.80. The number of anilines is 2. The third-order valence-electron chi connectivity index (χ3n) is 11.5. The number of rotatable bonds is 16. The zero-order valence-corrected chi connectivity index (χ0v) is 37.9. The van der Waals surface area contributed by atoms with Gasteiger partial charge < -0.3 is 25.5 Å². The van der Waals surface area contributed by atoms with Crippen molar-refractivity contribution in [1.29, 1.82) is 0 Å². The fraction of sp³-hybridized carbons (Fsp3) is 0.326. The van der Waals surface area contributed by atoms with Crippen molar-refractivity contribution in [3.63, 3.8) is 0 Å². The molecule has 0 radical (unpaired) electrons. The largest absolute Gasteiger partial charge is 0.501 e. The molecular weight excluding hydrogens is 907 g/mol. The highest BCUT2D eigenvalue weighted by Gasteiger charge is 2.48. The number of thioether (sulfide) groups is 1. The third kappa shape index (κ3) is 11.6. The molecule has 64 heavy (non-hydrogen) atoms. The summed E-state index contributed by atoms with van der Waals surface area (Å²) in [5.74, 6) is -0.749. The molecule has 18 heteroatoms. The van der Waals surface area contributed by atoms with Crippen molar-refractivity contribution in [1.82, 2.24) is 14.9 Å². The van der Waals surface area contributed by atoms with Gasteiger partial charge in [0, 0.05) is 78.8 Å². The van der Waals surface area contributed by atoms with Crippen LogP contribution in [0.3, 0.4) is 0 Å². The number of hydrogen-bond donors (Lipinski definition) is 4. The van der Waals surface area contributed by atoms with Crippen LogP contribution in [-0.4, -0.2) is 95.9 Å². The summed E-state index contributed by atoms with van der Waals surface area (Å²) in [6.07, 6.45) is 0.963. The number of halogens is 4. The number of aliphatic hydroxyl groups excluding tert-OH is 1. The summed E-state index contributed by atoms with van der Waals surface area (Å²) >= 11 is 7.56. The standard InChI is InChI=1S/C46H49ClF3N5O6S3/c47-35-15-13-32(14-16-35)40-11-4-5-12-41(40)44(56)33-19-25-55(26-20-33)37-8-6-7-34(29-37)45(57)53-64(60,61)39-17-18-42(43(30-39)63(58,59)46(48,49)50)52-36(21-24-54-27-22-51-23-28-54)31-62-38-9-2-1-3-10-38/h1-18,29-30,33,36,44,51-52,56H,19-28,31H2,(H,53,57)/t36-,44-/m1/s1. The number of nitrogens with one attached hydrogen (secondary N) is 3. The Morgan fingerprint density at radius 2 is 1.53 bits per heavy atom. The number of carbonyl (C=O) groups excluding carboxylic acids is 1. The fourth-order valence-corrected chi connectivity index (χ4v) is 11.1. The Hall–Kier alpha value is -4.62. The Morgan fingerprint density at radius 3 is 2.23 bits per heavy atom. The van der Waals surface area contributed by atoms with E-state index in [1.54, 1.807) is 24.3 Å². The van der Waals surface area contributed by atoms with Gasteiger partial charge in [0.15, 0.2) is 0 Å². The molecule has 0 bridgehead atoms. The van der Waals surface area contributed by atoms with Gasteiger partial charge in [-0.2, -0.15) is 13.2 Å². The summed E-state index contributed by atoms with van der Waals surface area (Å²) in [6, 6.07) is 32.7. The van der Waals surface area contributed by atoms with Crippen molar-refractivity contribution in [3.8, 4) is 11.1 Å². The molecule has 5 aromatic rings. The summed E-state index contributed by atoms with van der Waals surface area (Å²) in [5, 5.41) is 18.4. The van der Waals surface area contributed by atoms with Crippen LogP contribution < -0.4 is 20.3 Å². The lowest BCUT2D eigenvalue weighted by Crippen LogP contribution is -2.44. The smallest absolute Gasteiger partial charge is 0.388 e. The van der Waals surface area contributed by atoms with E-state index in [-0.39, 0.29) is 11.5 Å². The molecule has 2 atom stereocenters. The van der Waals surface area contributed by atoms with E-state index in [1.165, 1.54) is 23.9 Å². The van der Waals surface area contributed by atoms with Crippen LogP contribution in [0.15, 0.2) is 136 Å². The highest BCUT2D eigenvalue weighted by atomic mass is 35.5. The first-order valence-electron chi connectivity index (χ1n) is 20.9. The van der Waals surface area contributed by atoms with Crippen LogP contribution in [0.4, 0.5) is 24.5 Å². The highest BCUT2D eigenvalue weighted by Crippen LogP contribution is 2.39. The number of piperazine rings is 1. The highest BCUT2D eigenvalue weighted by molar-refractivity contribution is 7.99. The molecule has 2 fully saturated rings. The zero-order valence-electron chi connectivity index (χ0n) is 34.7. The monoisotopic (exact) mass is 955 g/mol. The number of benzene rings is 5. The van der Waals surface area contributed by atoms with Crippen LogP contribution in [-0.2, 0) is 19.9 Å². The first-order chi connectivity index (χ1) is 30.6. The summed E-state index contributed by atoms with van der Waals surface area (Å²) in [5.41, 5.74) is -2.91. The molecule has 2 aliphatic rings. The summed E-state index contributed by atoms with van der Waals surface area (Å²) in [7, 11) is -11.0. The Balaban J connectivity index is 1.05. The summed E-state index contributed by atoms with van der Waals surface area (Å²) in [4.78, 5) is 16.6. The van der Waals surface area contributed by atoms with Crippen molar-refractivity contribution in [2.45, 2.75) is 51.6 Å². The molecule has 0 saturated carbocycles. The van der Waals surface area contributed by atoms with E-state index in [1.807, 2.05) is 76.4 Å². The van der Waals surface area contributed by atoms with E-state index in [0.717, 1.165) is 59.9 Å². The average Bonchev–Trinajstić information content (AvgIpc) is 3.30. The molecule has 5 aromatic carbocycles. The SMILES string of the molecule is O=C(NS(=O)(=O)c1ccc(N[C@H](CCN2CCNCC2)CSc2ccccc2)c(S(=O)(=O)C(F)(F)F)c1)c1cccc(N2CCC([C@@H](O)c3ccccc3-c3ccc(Cl)cc3)CC2)c1. The topological polar surface area (TPSA) is 148 Å². The van der Waals surface area contributed by atoms with Crippen molar-refractivity contribution in [2.24, 2.45) is 5.92 Å². The van der Waals surface area contributed by atoms with Gasteiger partial charge in [-0.05, 0) is 103 Å². The minimum absolute atomic E-state index is 0.0372. The van der Waals surface area contributed by atoms with Crippen LogP contribution in [0, 0.1) is 5.92 Å². The van der Waals surface area contributed by atoms with Gasteiger partial charge in [-0.25, -0.2) is 21.6 Å². The van der Waals surface area contributed by atoms with E-state index < -0.39 is 58.9 Å². The van der Waals surface area contributed by atoms with Crippen LogP contribution in [0.1, 0.15) is 41.3 Å². The average molecular weight is 957 g/mol. The molecular formula is C46H49ClF3N5O6S3. The number of carbonyl (C=O) groups is 1. The minimum Gasteiger partial charge on any atom is -0.388 e. The van der Waals surface area contributed by atoms with E-state index in [4.69, 9.17) is 11.6 Å². The van der Waals surface area contributed by atoms with Crippen molar-refractivity contribution < 1.29 is 39.9 Å². The maximum absolute atomic E-state index is 14.2. The lowest BCUT2D eigenvalue weighted by Gasteiger charge is -2.36. The first kappa shape index (κ1) is 47.3. The van der Waals surface area contributed by atoms with Gasteiger partial charge >= 0.3 is 5.51 Å². The van der Waals surface area contributed by atoms with Gasteiger partial charge in [0.2, 0.25) is 0 Å². The molecule has 7 rings (SSSR count). The number of aliphatic hydroxyl groups is 1. The normalized spacial score (nSPS) is 16.5. The summed E-state index contributed by atoms with van der Waals surface area (Å²) < 4.78 is 98.0. The number of hydrogen-bond acceptors (Lipinski definition) is 11. The molecule has 2 aliphatic heterocycles. The maximum atomic E-state index is 14.2. The third-order valence-corrected chi connectivity index (χ3v) is 15.8. The van der Waals surface area contributed by atoms with E-state index in [9.17, 15) is 39.9 Å². The quantitative estimate of drug-likeness (QED) is 0.0710. The molecule has 11 nitrogen and oxygen atoms in total. The molecule has 4 N–H and O–H groups in total. The molecule has 0 aliphatic carbocycles. The van der Waals surface area contributed by atoms with Crippen molar-refractivity contribution in [3.05, 3.63) is 137 Å². The van der Waals surface area contributed by atoms with E-state index >= 15 is 0 Å². The Kier molecular flexibility index (Phi) is 15.3. The van der Waals surface area contributed by atoms with Gasteiger partial charge in [0.05, 0.1) is 16.7 Å². The maximum Gasteiger partial charge on any atom is 0.501 e. The second-order valence-electron chi connectivity index (χ2n) is 15.8. The second-order valence-corrected chi connectivity index (χ2v) is 20.9. The number of sulfonamides is 1. The molecule has 0 spiro atoms. The van der Waals surface area contributed by atoms with Gasteiger partial charge in [-0.1, -0.05) is 72.3 Å². The van der Waals surface area contributed by atoms with Crippen molar-refractivity contribution >= 4 is 60.5 Å². The van der Waals surface area contributed by atoms with Crippen molar-refractivity contribution in [2.75, 3.05) is 61.8 Å². The Labute approximate surface area is 381 Å². The molecule has 2 saturated heterocycles. The number of piperidine rings is 1. The van der Waals surface area contributed by atoms with Crippen LogP contribution in [0.25, 0.3) is 11.1 Å². The van der Waals surface area contributed by atoms with Gasteiger partial charge in [-0.3, -0.25) is 4.79 Å². The lowest BCUT2D eigenvalue weighted by atomic mass is 9.84. The predicted octanol–water partition coefficient (Wildman–Crippen LogP) is 8.24.